The van der Waals surface area contributed by atoms with Gasteiger partial charge in [-0.2, -0.15) is 0 Å². The molecule has 3 rings (SSSR count). The molecule has 0 heterocycles. The van der Waals surface area contributed by atoms with Gasteiger partial charge in [0.1, 0.15) is 0 Å². The maximum Gasteiger partial charge on any atom is 0.0314 e. The van der Waals surface area contributed by atoms with Crippen LogP contribution in [0.25, 0.3) is 0 Å². The average molecular weight is 378 g/mol. The average Bonchev–Trinajstić information content (AvgIpc) is 2.70. The molecule has 0 bridgehead atoms. The van der Waals surface area contributed by atoms with Gasteiger partial charge in [-0.3, -0.25) is 0 Å². The molecule has 0 saturated heterocycles. The van der Waals surface area contributed by atoms with Crippen molar-refractivity contribution in [3.8, 4) is 0 Å². The van der Waals surface area contributed by atoms with E-state index >= 15 is 0 Å². The lowest BCUT2D eigenvalue weighted by Gasteiger charge is -2.30. The van der Waals surface area contributed by atoms with Crippen LogP contribution in [-0.4, -0.2) is 0 Å². The van der Waals surface area contributed by atoms with Gasteiger partial charge in [0.15, 0.2) is 0 Å². The van der Waals surface area contributed by atoms with E-state index in [1.54, 1.807) is 5.56 Å². The summed E-state index contributed by atoms with van der Waals surface area (Å²) in [7, 11) is 0. The first-order valence-electron chi connectivity index (χ1n) is 11.6. The van der Waals surface area contributed by atoms with E-state index in [1.165, 1.54) is 80.9 Å². The van der Waals surface area contributed by atoms with E-state index in [9.17, 15) is 0 Å². The fourth-order valence-corrected chi connectivity index (χ4v) is 4.98. The first-order valence-corrected chi connectivity index (χ1v) is 11.6. The SMILES string of the molecule is CCCCCCCC1CCC(c2ccc(Cc3ccc(N)cc3)cc2C)CC1. The van der Waals surface area contributed by atoms with Gasteiger partial charge in [-0.1, -0.05) is 75.8 Å². The van der Waals surface area contributed by atoms with E-state index in [2.05, 4.69) is 44.2 Å². The van der Waals surface area contributed by atoms with Crippen LogP contribution in [0.3, 0.4) is 0 Å². The monoisotopic (exact) mass is 377 g/mol. The Kier molecular flexibility index (Phi) is 8.01. The molecule has 2 aromatic rings. The Balaban J connectivity index is 1.49. The van der Waals surface area contributed by atoms with Crippen LogP contribution in [0.5, 0.6) is 0 Å². The van der Waals surface area contributed by atoms with Gasteiger partial charge >= 0.3 is 0 Å². The molecule has 0 amide bonds. The number of benzene rings is 2. The lowest BCUT2D eigenvalue weighted by atomic mass is 9.76. The lowest BCUT2D eigenvalue weighted by molar-refractivity contribution is 0.301. The maximum atomic E-state index is 5.80. The fourth-order valence-electron chi connectivity index (χ4n) is 4.98. The number of nitrogens with two attached hydrogens (primary N) is 1. The molecule has 28 heavy (non-hydrogen) atoms. The first kappa shape index (κ1) is 21.0. The normalized spacial score (nSPS) is 19.6. The highest BCUT2D eigenvalue weighted by atomic mass is 14.5. The number of unbranched alkanes of at least 4 members (excludes halogenated alkanes) is 4. The second-order valence-corrected chi connectivity index (χ2v) is 9.03. The molecule has 2 N–H and O–H groups in total. The lowest BCUT2D eigenvalue weighted by Crippen LogP contribution is -2.14. The Morgan fingerprint density at radius 1 is 0.821 bits per heavy atom. The van der Waals surface area contributed by atoms with Crippen LogP contribution in [0.15, 0.2) is 42.5 Å². The van der Waals surface area contributed by atoms with Gasteiger partial charge < -0.3 is 5.73 Å². The third kappa shape index (κ3) is 6.12. The van der Waals surface area contributed by atoms with Gasteiger partial charge in [0, 0.05) is 5.69 Å². The van der Waals surface area contributed by atoms with Crippen molar-refractivity contribution in [3.05, 3.63) is 64.7 Å². The molecule has 1 heteroatoms. The third-order valence-corrected chi connectivity index (χ3v) is 6.72. The maximum absolute atomic E-state index is 5.80. The number of nitrogen functional groups attached to an aromatic ring is 1. The Labute approximate surface area is 172 Å². The molecule has 0 unspecified atom stereocenters. The van der Waals surface area contributed by atoms with Crippen molar-refractivity contribution in [1.82, 2.24) is 0 Å². The van der Waals surface area contributed by atoms with Gasteiger partial charge in [-0.25, -0.2) is 0 Å². The summed E-state index contributed by atoms with van der Waals surface area (Å²) in [6, 6.07) is 15.4. The van der Waals surface area contributed by atoms with Crippen LogP contribution in [-0.2, 0) is 6.42 Å². The zero-order valence-corrected chi connectivity index (χ0v) is 18.1. The van der Waals surface area contributed by atoms with Crippen LogP contribution in [0.2, 0.25) is 0 Å². The largest absolute Gasteiger partial charge is 0.399 e. The molecule has 1 nitrogen and oxygen atoms in total. The molecule has 0 spiro atoms. The molecular formula is C27H39N. The van der Waals surface area contributed by atoms with Gasteiger partial charge in [0.05, 0.1) is 0 Å². The van der Waals surface area contributed by atoms with Crippen molar-refractivity contribution in [2.75, 3.05) is 5.73 Å². The second kappa shape index (κ2) is 10.7. The molecule has 1 fully saturated rings. The molecule has 0 radical (unpaired) electrons. The molecule has 1 aliphatic carbocycles. The third-order valence-electron chi connectivity index (χ3n) is 6.72. The fraction of sp³-hybridized carbons (Fsp3) is 0.556. The minimum absolute atomic E-state index is 0.780. The Bertz CT molecular complexity index is 708. The van der Waals surface area contributed by atoms with E-state index in [1.807, 2.05) is 12.1 Å². The summed E-state index contributed by atoms with van der Waals surface area (Å²) in [5.74, 6) is 1.77. The minimum Gasteiger partial charge on any atom is -0.399 e. The van der Waals surface area contributed by atoms with Crippen LogP contribution in [0.4, 0.5) is 5.69 Å². The summed E-state index contributed by atoms with van der Waals surface area (Å²) in [6.45, 7) is 4.61. The van der Waals surface area contributed by atoms with Gasteiger partial charge in [-0.15, -0.1) is 0 Å². The summed E-state index contributed by atoms with van der Waals surface area (Å²) in [5, 5.41) is 0. The summed E-state index contributed by atoms with van der Waals surface area (Å²) >= 11 is 0. The number of hydrogen-bond donors (Lipinski definition) is 1. The number of aryl methyl sites for hydroxylation is 1. The van der Waals surface area contributed by atoms with Crippen molar-refractivity contribution in [3.63, 3.8) is 0 Å². The van der Waals surface area contributed by atoms with Crippen LogP contribution < -0.4 is 5.73 Å². The van der Waals surface area contributed by atoms with Crippen LogP contribution in [0.1, 0.15) is 99.3 Å². The number of rotatable bonds is 9. The van der Waals surface area contributed by atoms with Crippen LogP contribution in [0, 0.1) is 12.8 Å². The molecule has 2 aromatic carbocycles. The highest BCUT2D eigenvalue weighted by Crippen LogP contribution is 2.39. The topological polar surface area (TPSA) is 26.0 Å². The van der Waals surface area contributed by atoms with E-state index in [-0.39, 0.29) is 0 Å². The summed E-state index contributed by atoms with van der Waals surface area (Å²) < 4.78 is 0. The van der Waals surface area contributed by atoms with Gasteiger partial charge in [0.2, 0.25) is 0 Å². The standard InChI is InChI=1S/C27H39N/c1-3-4-5-6-7-8-22-9-14-25(15-10-22)27-18-13-24(19-21(27)2)20-23-11-16-26(28)17-12-23/h11-13,16-19,22,25H,3-10,14-15,20,28H2,1-2H3. The molecule has 0 aliphatic heterocycles. The van der Waals surface area contributed by atoms with Crippen molar-refractivity contribution in [1.29, 1.82) is 0 Å². The molecule has 0 aromatic heterocycles. The quantitative estimate of drug-likeness (QED) is 0.350. The Hall–Kier alpha value is -1.76. The Morgan fingerprint density at radius 3 is 2.18 bits per heavy atom. The van der Waals surface area contributed by atoms with E-state index in [4.69, 9.17) is 5.73 Å². The zero-order valence-electron chi connectivity index (χ0n) is 18.1. The molecular weight excluding hydrogens is 338 g/mol. The number of anilines is 1. The minimum atomic E-state index is 0.780. The molecule has 1 saturated carbocycles. The van der Waals surface area contributed by atoms with E-state index < -0.39 is 0 Å². The highest BCUT2D eigenvalue weighted by molar-refractivity contribution is 5.42. The van der Waals surface area contributed by atoms with Crippen molar-refractivity contribution in [2.24, 2.45) is 5.92 Å². The van der Waals surface area contributed by atoms with Gasteiger partial charge in [-0.05, 0) is 85.3 Å². The first-order chi connectivity index (χ1) is 13.7. The van der Waals surface area contributed by atoms with Gasteiger partial charge in [0.25, 0.3) is 0 Å². The summed E-state index contributed by atoms with van der Waals surface area (Å²) in [5.41, 5.74) is 12.5. The van der Waals surface area contributed by atoms with Crippen molar-refractivity contribution in [2.45, 2.75) is 90.4 Å². The second-order valence-electron chi connectivity index (χ2n) is 9.03. The van der Waals surface area contributed by atoms with E-state index in [0.717, 1.165) is 23.9 Å². The zero-order chi connectivity index (χ0) is 19.8. The summed E-state index contributed by atoms with van der Waals surface area (Å²) in [4.78, 5) is 0. The predicted molar refractivity (Wildman–Crippen MR) is 123 cm³/mol. The Morgan fingerprint density at radius 2 is 1.50 bits per heavy atom. The number of hydrogen-bond acceptors (Lipinski definition) is 1. The predicted octanol–water partition coefficient (Wildman–Crippen LogP) is 7.80. The molecule has 1 aliphatic rings. The molecule has 0 atom stereocenters. The highest BCUT2D eigenvalue weighted by Gasteiger charge is 2.23. The van der Waals surface area contributed by atoms with Crippen molar-refractivity contribution < 1.29 is 0 Å². The molecule has 152 valence electrons. The summed E-state index contributed by atoms with van der Waals surface area (Å²) in [6.07, 6.45) is 15.2. The van der Waals surface area contributed by atoms with Crippen LogP contribution >= 0.6 is 0 Å². The van der Waals surface area contributed by atoms with Crippen molar-refractivity contribution >= 4 is 5.69 Å². The van der Waals surface area contributed by atoms with E-state index in [0.29, 0.717) is 0 Å². The smallest absolute Gasteiger partial charge is 0.0314 e.